The van der Waals surface area contributed by atoms with Crippen LogP contribution in [-0.2, 0) is 4.79 Å². The Hall–Kier alpha value is -2.07. The van der Waals surface area contributed by atoms with Crippen LogP contribution < -0.4 is 15.4 Å². The number of para-hydroxylation sites is 2. The van der Waals surface area contributed by atoms with Crippen molar-refractivity contribution in [3.63, 3.8) is 0 Å². The summed E-state index contributed by atoms with van der Waals surface area (Å²) in [4.78, 5) is 12.8. The van der Waals surface area contributed by atoms with Gasteiger partial charge in [0.15, 0.2) is 0 Å². The molecule has 1 fully saturated rings. The van der Waals surface area contributed by atoms with E-state index in [1.165, 1.54) is 0 Å². The molecule has 0 saturated carbocycles. The lowest BCUT2D eigenvalue weighted by atomic mass is 9.65. The molecule has 0 aromatic heterocycles. The molecule has 2 aliphatic rings. The van der Waals surface area contributed by atoms with E-state index >= 15 is 0 Å². The number of nitrogens with one attached hydrogen (secondary N) is 2. The van der Waals surface area contributed by atoms with Crippen LogP contribution in [0.2, 0.25) is 0 Å². The van der Waals surface area contributed by atoms with Crippen molar-refractivity contribution >= 4 is 11.6 Å². The Morgan fingerprint density at radius 3 is 2.79 bits per heavy atom. The molecular formula is C20H26N2O2. The van der Waals surface area contributed by atoms with E-state index in [-0.39, 0.29) is 11.3 Å². The van der Waals surface area contributed by atoms with Crippen LogP contribution in [0.4, 0.5) is 5.69 Å². The fourth-order valence-corrected chi connectivity index (χ4v) is 3.90. The molecule has 1 saturated heterocycles. The largest absolute Gasteiger partial charge is 0.495 e. The number of methoxy groups -OCH3 is 1. The third kappa shape index (κ3) is 3.70. The average molecular weight is 326 g/mol. The second-order valence-electron chi connectivity index (χ2n) is 6.69. The molecular weight excluding hydrogens is 300 g/mol. The summed E-state index contributed by atoms with van der Waals surface area (Å²) in [5.41, 5.74) is 0.784. The van der Waals surface area contributed by atoms with Crippen LogP contribution in [0, 0.1) is 11.3 Å². The number of piperidine rings is 1. The van der Waals surface area contributed by atoms with Crippen molar-refractivity contribution in [1.82, 2.24) is 5.32 Å². The first-order valence-electron chi connectivity index (χ1n) is 8.70. The molecule has 1 aliphatic carbocycles. The summed E-state index contributed by atoms with van der Waals surface area (Å²) in [7, 11) is 1.62. The van der Waals surface area contributed by atoms with Gasteiger partial charge in [-0.05, 0) is 55.8 Å². The maximum Gasteiger partial charge on any atom is 0.225 e. The molecule has 0 radical (unpaired) electrons. The van der Waals surface area contributed by atoms with Crippen molar-refractivity contribution < 1.29 is 9.53 Å². The number of ether oxygens (including phenoxy) is 1. The number of anilines is 1. The highest BCUT2D eigenvalue weighted by atomic mass is 16.5. The second-order valence-corrected chi connectivity index (χ2v) is 6.69. The van der Waals surface area contributed by atoms with Gasteiger partial charge in [-0.3, -0.25) is 4.79 Å². The Morgan fingerprint density at radius 2 is 2.08 bits per heavy atom. The normalized spacial score (nSPS) is 22.1. The number of carbonyl (C=O) groups is 1. The lowest BCUT2D eigenvalue weighted by molar-refractivity contribution is -0.119. The first-order chi connectivity index (χ1) is 11.7. The first kappa shape index (κ1) is 16.8. The van der Waals surface area contributed by atoms with Crippen LogP contribution in [0.3, 0.4) is 0 Å². The first-order valence-corrected chi connectivity index (χ1v) is 8.70. The Kier molecular flexibility index (Phi) is 5.36. The van der Waals surface area contributed by atoms with E-state index in [0.29, 0.717) is 18.1 Å². The molecule has 2 N–H and O–H groups in total. The molecule has 1 atom stereocenters. The predicted molar refractivity (Wildman–Crippen MR) is 97.2 cm³/mol. The van der Waals surface area contributed by atoms with Gasteiger partial charge in [-0.2, -0.15) is 0 Å². The summed E-state index contributed by atoms with van der Waals surface area (Å²) in [6, 6.07) is 7.56. The molecule has 1 unspecified atom stereocenters. The number of hydrogen-bond donors (Lipinski definition) is 2. The van der Waals surface area contributed by atoms with Crippen LogP contribution in [0.25, 0.3) is 0 Å². The molecule has 0 bridgehead atoms. The molecule has 1 heterocycles. The minimum absolute atomic E-state index is 0.0403. The van der Waals surface area contributed by atoms with Crippen molar-refractivity contribution in [2.75, 3.05) is 25.5 Å². The van der Waals surface area contributed by atoms with E-state index < -0.39 is 0 Å². The summed E-state index contributed by atoms with van der Waals surface area (Å²) in [6.45, 7) is 1.96. The molecule has 3 rings (SSSR count). The van der Waals surface area contributed by atoms with Crippen LogP contribution >= 0.6 is 0 Å². The van der Waals surface area contributed by atoms with Gasteiger partial charge in [-0.1, -0.05) is 36.4 Å². The van der Waals surface area contributed by atoms with Gasteiger partial charge < -0.3 is 15.4 Å². The zero-order valence-corrected chi connectivity index (χ0v) is 14.3. The van der Waals surface area contributed by atoms with E-state index in [1.54, 1.807) is 7.11 Å². The van der Waals surface area contributed by atoms with Crippen molar-refractivity contribution in [2.45, 2.75) is 25.7 Å². The highest BCUT2D eigenvalue weighted by molar-refractivity contribution is 5.92. The molecule has 24 heavy (non-hydrogen) atoms. The SMILES string of the molecule is COc1ccccc1NC(=O)CC1(C2C=CC=CC2)CCNCC1. The average Bonchev–Trinajstić information content (AvgIpc) is 2.63. The van der Waals surface area contributed by atoms with E-state index in [2.05, 4.69) is 34.9 Å². The van der Waals surface area contributed by atoms with Crippen LogP contribution in [0.5, 0.6) is 5.75 Å². The lowest BCUT2D eigenvalue weighted by Crippen LogP contribution is -2.43. The number of allylic oxidation sites excluding steroid dienone is 4. The number of benzene rings is 1. The highest BCUT2D eigenvalue weighted by Gasteiger charge is 2.40. The highest BCUT2D eigenvalue weighted by Crippen LogP contribution is 2.44. The van der Waals surface area contributed by atoms with Gasteiger partial charge in [-0.15, -0.1) is 0 Å². The number of amides is 1. The van der Waals surface area contributed by atoms with Crippen molar-refractivity contribution in [3.8, 4) is 5.75 Å². The second kappa shape index (κ2) is 7.67. The fourth-order valence-electron chi connectivity index (χ4n) is 3.90. The number of carbonyl (C=O) groups excluding carboxylic acids is 1. The molecule has 0 spiro atoms. The lowest BCUT2D eigenvalue weighted by Gasteiger charge is -2.43. The minimum Gasteiger partial charge on any atom is -0.495 e. The molecule has 1 aromatic carbocycles. The minimum atomic E-state index is 0.0403. The number of hydrogen-bond acceptors (Lipinski definition) is 3. The molecule has 1 amide bonds. The van der Waals surface area contributed by atoms with E-state index in [4.69, 9.17) is 4.74 Å². The van der Waals surface area contributed by atoms with Gasteiger partial charge in [0.05, 0.1) is 12.8 Å². The molecule has 1 aliphatic heterocycles. The summed E-state index contributed by atoms with van der Waals surface area (Å²) < 4.78 is 5.33. The summed E-state index contributed by atoms with van der Waals surface area (Å²) in [6.07, 6.45) is 12.4. The van der Waals surface area contributed by atoms with E-state index in [9.17, 15) is 4.79 Å². The maximum atomic E-state index is 12.8. The van der Waals surface area contributed by atoms with Crippen LogP contribution in [0.1, 0.15) is 25.7 Å². The molecule has 128 valence electrons. The smallest absolute Gasteiger partial charge is 0.225 e. The van der Waals surface area contributed by atoms with Gasteiger partial charge in [0.1, 0.15) is 5.75 Å². The zero-order valence-electron chi connectivity index (χ0n) is 14.3. The van der Waals surface area contributed by atoms with Crippen molar-refractivity contribution in [1.29, 1.82) is 0 Å². The van der Waals surface area contributed by atoms with Crippen LogP contribution in [0.15, 0.2) is 48.6 Å². The molecule has 4 nitrogen and oxygen atoms in total. The monoisotopic (exact) mass is 326 g/mol. The molecule has 1 aromatic rings. The van der Waals surface area contributed by atoms with E-state index in [0.717, 1.165) is 38.0 Å². The summed E-state index contributed by atoms with van der Waals surface area (Å²) in [5.74, 6) is 1.21. The number of rotatable bonds is 5. The Bertz CT molecular complexity index is 630. The van der Waals surface area contributed by atoms with Crippen LogP contribution in [-0.4, -0.2) is 26.1 Å². The Balaban J connectivity index is 1.73. The van der Waals surface area contributed by atoms with Gasteiger partial charge in [0.25, 0.3) is 0 Å². The molecule has 4 heteroatoms. The Morgan fingerprint density at radius 1 is 1.29 bits per heavy atom. The third-order valence-electron chi connectivity index (χ3n) is 5.26. The quantitative estimate of drug-likeness (QED) is 0.870. The van der Waals surface area contributed by atoms with Crippen molar-refractivity contribution in [2.24, 2.45) is 11.3 Å². The summed E-state index contributed by atoms with van der Waals surface area (Å²) >= 11 is 0. The predicted octanol–water partition coefficient (Wildman–Crippen LogP) is 3.53. The van der Waals surface area contributed by atoms with Gasteiger partial charge in [0.2, 0.25) is 5.91 Å². The van der Waals surface area contributed by atoms with Gasteiger partial charge in [-0.25, -0.2) is 0 Å². The maximum absolute atomic E-state index is 12.8. The standard InChI is InChI=1S/C20H26N2O2/c1-24-18-10-6-5-9-17(18)22-19(23)15-20(11-13-21-14-12-20)16-7-3-2-4-8-16/h2-7,9-10,16,21H,8,11-15H2,1H3,(H,22,23). The van der Waals surface area contributed by atoms with Crippen molar-refractivity contribution in [3.05, 3.63) is 48.6 Å². The fraction of sp³-hybridized carbons (Fsp3) is 0.450. The Labute approximate surface area is 144 Å². The third-order valence-corrected chi connectivity index (χ3v) is 5.26. The topological polar surface area (TPSA) is 50.4 Å². The summed E-state index contributed by atoms with van der Waals surface area (Å²) in [5, 5.41) is 6.47. The van der Waals surface area contributed by atoms with Gasteiger partial charge >= 0.3 is 0 Å². The van der Waals surface area contributed by atoms with Gasteiger partial charge in [0, 0.05) is 6.42 Å². The van der Waals surface area contributed by atoms with E-state index in [1.807, 2.05) is 24.3 Å². The zero-order chi connectivity index (χ0) is 16.8.